The minimum absolute atomic E-state index is 0.108. The fraction of sp³-hybridized carbons (Fsp3) is 0.333. The Balaban J connectivity index is 1.72. The van der Waals surface area contributed by atoms with Crippen molar-refractivity contribution in [3.63, 3.8) is 0 Å². The second-order valence-corrected chi connectivity index (χ2v) is 9.30. The fourth-order valence-electron chi connectivity index (χ4n) is 3.75. The summed E-state index contributed by atoms with van der Waals surface area (Å²) < 4.78 is 12.8. The maximum atomic E-state index is 13.3. The van der Waals surface area contributed by atoms with Crippen LogP contribution in [0.2, 0.25) is 0 Å². The van der Waals surface area contributed by atoms with Crippen LogP contribution in [-0.4, -0.2) is 64.5 Å². The molecule has 0 bridgehead atoms. The fourth-order valence-corrected chi connectivity index (χ4v) is 4.12. The highest BCUT2D eigenvalue weighted by Gasteiger charge is 2.23. The zero-order chi connectivity index (χ0) is 25.8. The molecule has 0 saturated carbocycles. The van der Waals surface area contributed by atoms with E-state index in [0.29, 0.717) is 43.0 Å². The van der Waals surface area contributed by atoms with Crippen molar-refractivity contribution in [2.24, 2.45) is 5.10 Å². The van der Waals surface area contributed by atoms with E-state index in [1.54, 1.807) is 29.2 Å². The Kier molecular flexibility index (Phi) is 7.75. The number of benzene rings is 2. The molecular formula is C24H24BrN5O6. The first-order valence-electron chi connectivity index (χ1n) is 11.3. The minimum Gasteiger partial charge on any atom is -0.476 e. The molecule has 2 aromatic carbocycles. The van der Waals surface area contributed by atoms with Gasteiger partial charge in [-0.15, -0.1) is 0 Å². The number of nitrogens with zero attached hydrogens (tertiary/aromatic N) is 5. The molecule has 1 aliphatic heterocycles. The first kappa shape index (κ1) is 25.5. The molecule has 1 aliphatic rings. The third-order valence-electron chi connectivity index (χ3n) is 5.59. The van der Waals surface area contributed by atoms with Crippen LogP contribution in [0.3, 0.4) is 0 Å². The summed E-state index contributed by atoms with van der Waals surface area (Å²) in [7, 11) is 0. The number of halogens is 1. The van der Waals surface area contributed by atoms with Gasteiger partial charge in [0.1, 0.15) is 5.82 Å². The highest BCUT2D eigenvalue weighted by molar-refractivity contribution is 9.10. The van der Waals surface area contributed by atoms with Crippen molar-refractivity contribution >= 4 is 44.6 Å². The molecule has 1 aromatic heterocycles. The molecule has 0 aliphatic carbocycles. The predicted molar refractivity (Wildman–Crippen MR) is 137 cm³/mol. The summed E-state index contributed by atoms with van der Waals surface area (Å²) in [4.78, 5) is 43.1. The second-order valence-electron chi connectivity index (χ2n) is 8.38. The quantitative estimate of drug-likeness (QED) is 0.247. The molecule has 0 radical (unpaired) electrons. The summed E-state index contributed by atoms with van der Waals surface area (Å²) in [6.07, 6.45) is 1.31. The Morgan fingerprint density at radius 3 is 2.75 bits per heavy atom. The summed E-state index contributed by atoms with van der Waals surface area (Å²) in [5.74, 6) is -0.109. The number of carbonyl (C=O) groups is 1. The van der Waals surface area contributed by atoms with Crippen molar-refractivity contribution in [3.05, 3.63) is 72.7 Å². The number of nitro groups is 1. The lowest BCUT2D eigenvalue weighted by atomic mass is 10.2. The van der Waals surface area contributed by atoms with Crippen molar-refractivity contribution in [3.8, 4) is 5.75 Å². The first-order valence-corrected chi connectivity index (χ1v) is 12.1. The number of morpholine rings is 1. The van der Waals surface area contributed by atoms with Gasteiger partial charge in [0.2, 0.25) is 5.75 Å². The lowest BCUT2D eigenvalue weighted by Gasteiger charge is -2.26. The molecule has 12 heteroatoms. The molecule has 3 aromatic rings. The molecule has 11 nitrogen and oxygen atoms in total. The Labute approximate surface area is 214 Å². The number of rotatable bonds is 7. The van der Waals surface area contributed by atoms with E-state index in [1.807, 2.05) is 13.8 Å². The summed E-state index contributed by atoms with van der Waals surface area (Å²) in [6, 6.07) is 9.55. The van der Waals surface area contributed by atoms with Gasteiger partial charge in [-0.1, -0.05) is 35.8 Å². The van der Waals surface area contributed by atoms with Crippen LogP contribution in [0.25, 0.3) is 10.9 Å². The van der Waals surface area contributed by atoms with Crippen molar-refractivity contribution < 1.29 is 19.2 Å². The lowest BCUT2D eigenvalue weighted by molar-refractivity contribution is -0.385. The van der Waals surface area contributed by atoms with Crippen LogP contribution in [0, 0.1) is 10.1 Å². The van der Waals surface area contributed by atoms with Crippen LogP contribution >= 0.6 is 15.9 Å². The number of ether oxygens (including phenoxy) is 2. The predicted octanol–water partition coefficient (Wildman–Crippen LogP) is 3.31. The summed E-state index contributed by atoms with van der Waals surface area (Å²) in [5.41, 5.74) is 0.0941. The Morgan fingerprint density at radius 2 is 2.06 bits per heavy atom. The summed E-state index contributed by atoms with van der Waals surface area (Å²) in [6.45, 7) is 5.11. The van der Waals surface area contributed by atoms with Gasteiger partial charge in [-0.3, -0.25) is 19.7 Å². The minimum atomic E-state index is -0.591. The summed E-state index contributed by atoms with van der Waals surface area (Å²) >= 11 is 3.37. The van der Waals surface area contributed by atoms with Gasteiger partial charge in [0, 0.05) is 35.1 Å². The Morgan fingerprint density at radius 1 is 1.31 bits per heavy atom. The molecule has 1 saturated heterocycles. The average molecular weight is 558 g/mol. The maximum Gasteiger partial charge on any atom is 0.311 e. The molecule has 0 spiro atoms. The average Bonchev–Trinajstić information content (AvgIpc) is 2.87. The second kappa shape index (κ2) is 11.0. The zero-order valence-corrected chi connectivity index (χ0v) is 21.3. The molecule has 0 N–H and O–H groups in total. The van der Waals surface area contributed by atoms with E-state index < -0.39 is 4.92 Å². The van der Waals surface area contributed by atoms with E-state index in [2.05, 4.69) is 26.0 Å². The zero-order valence-electron chi connectivity index (χ0n) is 19.7. The molecule has 0 atom stereocenters. The van der Waals surface area contributed by atoms with Crippen LogP contribution in [-0.2, 0) is 9.53 Å². The van der Waals surface area contributed by atoms with E-state index in [1.165, 1.54) is 23.0 Å². The number of nitro benzene ring substituents is 1. The summed E-state index contributed by atoms with van der Waals surface area (Å²) in [5, 5.41) is 16.4. The Bertz CT molecular complexity index is 1400. The van der Waals surface area contributed by atoms with Gasteiger partial charge in [0.15, 0.2) is 6.61 Å². The van der Waals surface area contributed by atoms with Crippen molar-refractivity contribution in [1.29, 1.82) is 0 Å². The van der Waals surface area contributed by atoms with Crippen molar-refractivity contribution in [2.45, 2.75) is 19.8 Å². The van der Waals surface area contributed by atoms with Gasteiger partial charge >= 0.3 is 5.69 Å². The van der Waals surface area contributed by atoms with E-state index in [0.717, 1.165) is 4.47 Å². The van der Waals surface area contributed by atoms with Crippen molar-refractivity contribution in [1.82, 2.24) is 14.6 Å². The topological polar surface area (TPSA) is 129 Å². The van der Waals surface area contributed by atoms with Gasteiger partial charge < -0.3 is 14.4 Å². The molecule has 1 amide bonds. The number of hydrogen-bond donors (Lipinski definition) is 0. The molecule has 2 heterocycles. The number of hydrogen-bond acceptors (Lipinski definition) is 8. The van der Waals surface area contributed by atoms with Crippen LogP contribution in [0.15, 0.2) is 50.8 Å². The van der Waals surface area contributed by atoms with E-state index >= 15 is 0 Å². The molecule has 188 valence electrons. The van der Waals surface area contributed by atoms with Gasteiger partial charge in [-0.25, -0.2) is 4.98 Å². The SMILES string of the molecule is CC(C)c1nc2ccc(Br)cc2c(=O)n1N=Cc1cccc([N+](=O)[O-])c1OCC(=O)N1CCOCC1. The molecule has 4 rings (SSSR count). The standard InChI is InChI=1S/C24H24BrN5O6/c1-15(2)23-27-19-7-6-17(25)12-18(19)24(32)29(23)26-13-16-4-3-5-20(30(33)34)22(16)36-14-21(31)28-8-10-35-11-9-28/h3-7,12-13,15H,8-11,14H2,1-2H3. The number of fused-ring (bicyclic) bond motifs is 1. The highest BCUT2D eigenvalue weighted by atomic mass is 79.9. The maximum absolute atomic E-state index is 13.3. The van der Waals surface area contributed by atoms with Gasteiger partial charge in [0.05, 0.1) is 35.3 Å². The van der Waals surface area contributed by atoms with Crippen LogP contribution in [0.1, 0.15) is 31.2 Å². The highest BCUT2D eigenvalue weighted by Crippen LogP contribution is 2.30. The number of aromatic nitrogens is 2. The van der Waals surface area contributed by atoms with Crippen molar-refractivity contribution in [2.75, 3.05) is 32.9 Å². The van der Waals surface area contributed by atoms with Gasteiger partial charge in [-0.05, 0) is 24.3 Å². The smallest absolute Gasteiger partial charge is 0.311 e. The lowest BCUT2D eigenvalue weighted by Crippen LogP contribution is -2.43. The largest absolute Gasteiger partial charge is 0.476 e. The molecular weight excluding hydrogens is 534 g/mol. The first-order chi connectivity index (χ1) is 17.3. The van der Waals surface area contributed by atoms with Gasteiger partial charge in [-0.2, -0.15) is 9.78 Å². The normalized spacial score (nSPS) is 14.1. The number of para-hydroxylation sites is 1. The monoisotopic (exact) mass is 557 g/mol. The van der Waals surface area contributed by atoms with Crippen LogP contribution in [0.5, 0.6) is 5.75 Å². The van der Waals surface area contributed by atoms with Crippen LogP contribution in [0.4, 0.5) is 5.69 Å². The number of amides is 1. The molecule has 0 unspecified atom stereocenters. The van der Waals surface area contributed by atoms with Gasteiger partial charge in [0.25, 0.3) is 11.5 Å². The van der Waals surface area contributed by atoms with E-state index in [9.17, 15) is 19.7 Å². The number of carbonyl (C=O) groups excluding carboxylic acids is 1. The van der Waals surface area contributed by atoms with E-state index in [-0.39, 0.29) is 41.0 Å². The Hall–Kier alpha value is -3.64. The third kappa shape index (κ3) is 5.44. The molecule has 36 heavy (non-hydrogen) atoms. The third-order valence-corrected chi connectivity index (χ3v) is 6.08. The van der Waals surface area contributed by atoms with Crippen LogP contribution < -0.4 is 10.3 Å². The molecule has 1 fully saturated rings. The van der Waals surface area contributed by atoms with E-state index in [4.69, 9.17) is 9.47 Å².